The standard InChI is InChI=1S/C23H30N6O3/c1-32-23(17-7-8-18(30)20(17)31)29-14-26-19-21(24-13-25-22(19)29)27-16-9-10-28(12-16)11-15-5-3-2-4-6-15/h2-6,13-14,16-18,20,23,30-31H,7-12H2,1H3,(H,24,25,27)/t16-,17+,18+,20-,23?/m0/s1. The molecule has 2 aliphatic rings. The van der Waals surface area contributed by atoms with Gasteiger partial charge in [-0.3, -0.25) is 9.47 Å². The van der Waals surface area contributed by atoms with Crippen molar-refractivity contribution in [3.05, 3.63) is 48.5 Å². The molecule has 1 saturated heterocycles. The maximum Gasteiger partial charge on any atom is 0.167 e. The van der Waals surface area contributed by atoms with Crippen LogP contribution < -0.4 is 5.32 Å². The van der Waals surface area contributed by atoms with Gasteiger partial charge >= 0.3 is 0 Å². The number of hydrogen-bond acceptors (Lipinski definition) is 8. The van der Waals surface area contributed by atoms with Crippen LogP contribution in [0.1, 0.15) is 31.1 Å². The molecule has 0 bridgehead atoms. The molecular weight excluding hydrogens is 408 g/mol. The molecule has 9 nitrogen and oxygen atoms in total. The predicted octanol–water partition coefficient (Wildman–Crippen LogP) is 1.79. The number of aromatic nitrogens is 4. The van der Waals surface area contributed by atoms with Gasteiger partial charge in [-0.2, -0.15) is 0 Å². The Balaban J connectivity index is 1.31. The van der Waals surface area contributed by atoms with Gasteiger partial charge in [-0.25, -0.2) is 15.0 Å². The average Bonchev–Trinajstić information content (AvgIpc) is 3.52. The van der Waals surface area contributed by atoms with Gasteiger partial charge in [0.05, 0.1) is 18.5 Å². The first-order valence-electron chi connectivity index (χ1n) is 11.2. The van der Waals surface area contributed by atoms with E-state index in [2.05, 4.69) is 49.4 Å². The van der Waals surface area contributed by atoms with Crippen LogP contribution in [0.15, 0.2) is 43.0 Å². The number of benzene rings is 1. The largest absolute Gasteiger partial charge is 0.390 e. The summed E-state index contributed by atoms with van der Waals surface area (Å²) in [5, 5.41) is 23.9. The van der Waals surface area contributed by atoms with Crippen LogP contribution in [0.25, 0.3) is 11.2 Å². The lowest BCUT2D eigenvalue weighted by atomic mass is 10.0. The highest BCUT2D eigenvalue weighted by Gasteiger charge is 2.40. The number of rotatable bonds is 7. The van der Waals surface area contributed by atoms with Gasteiger partial charge in [-0.15, -0.1) is 0 Å². The Morgan fingerprint density at radius 3 is 2.72 bits per heavy atom. The summed E-state index contributed by atoms with van der Waals surface area (Å²) in [4.78, 5) is 15.9. The fourth-order valence-electron chi connectivity index (χ4n) is 5.07. The lowest BCUT2D eigenvalue weighted by molar-refractivity contribution is -0.0652. The molecule has 5 rings (SSSR count). The zero-order chi connectivity index (χ0) is 22.1. The van der Waals surface area contributed by atoms with E-state index in [-0.39, 0.29) is 12.0 Å². The van der Waals surface area contributed by atoms with Gasteiger partial charge in [0.2, 0.25) is 0 Å². The van der Waals surface area contributed by atoms with E-state index in [1.165, 1.54) is 11.9 Å². The fourth-order valence-corrected chi connectivity index (χ4v) is 5.07. The Bertz CT molecular complexity index is 1040. The second-order valence-corrected chi connectivity index (χ2v) is 8.82. The average molecular weight is 439 g/mol. The van der Waals surface area contributed by atoms with E-state index < -0.39 is 18.4 Å². The lowest BCUT2D eigenvalue weighted by Gasteiger charge is -2.26. The normalized spacial score (nSPS) is 27.2. The topological polar surface area (TPSA) is 109 Å². The van der Waals surface area contributed by atoms with Crippen molar-refractivity contribution >= 4 is 17.0 Å². The molecule has 3 heterocycles. The number of aliphatic hydroxyl groups is 2. The monoisotopic (exact) mass is 438 g/mol. The van der Waals surface area contributed by atoms with Crippen molar-refractivity contribution in [1.29, 1.82) is 0 Å². The summed E-state index contributed by atoms with van der Waals surface area (Å²) in [6, 6.07) is 10.8. The van der Waals surface area contributed by atoms with Crippen molar-refractivity contribution in [3.63, 3.8) is 0 Å². The zero-order valence-corrected chi connectivity index (χ0v) is 18.2. The third kappa shape index (κ3) is 4.09. The van der Waals surface area contributed by atoms with Crippen LogP contribution in [0.4, 0.5) is 5.82 Å². The van der Waals surface area contributed by atoms with Crippen molar-refractivity contribution in [2.45, 2.75) is 50.3 Å². The van der Waals surface area contributed by atoms with Crippen LogP contribution in [0.5, 0.6) is 0 Å². The van der Waals surface area contributed by atoms with Crippen LogP contribution in [0, 0.1) is 5.92 Å². The maximum atomic E-state index is 10.4. The smallest absolute Gasteiger partial charge is 0.167 e. The van der Waals surface area contributed by atoms with Gasteiger partial charge in [0, 0.05) is 38.7 Å². The molecule has 0 amide bonds. The van der Waals surface area contributed by atoms with Crippen molar-refractivity contribution in [2.24, 2.45) is 5.92 Å². The second kappa shape index (κ2) is 9.11. The summed E-state index contributed by atoms with van der Waals surface area (Å²) >= 11 is 0. The molecule has 0 spiro atoms. The van der Waals surface area contributed by atoms with Crippen LogP contribution in [0.2, 0.25) is 0 Å². The van der Waals surface area contributed by atoms with Crippen molar-refractivity contribution in [1.82, 2.24) is 24.4 Å². The first kappa shape index (κ1) is 21.3. The van der Waals surface area contributed by atoms with E-state index in [1.807, 2.05) is 10.6 Å². The van der Waals surface area contributed by atoms with Gasteiger partial charge in [-0.1, -0.05) is 30.3 Å². The van der Waals surface area contributed by atoms with Crippen LogP contribution in [-0.2, 0) is 11.3 Å². The Morgan fingerprint density at radius 2 is 1.97 bits per heavy atom. The SMILES string of the molecule is COC([C@@H]1CC[C@@H](O)[C@H]1O)n1cnc2c(N[C@H]3CCN(Cc4ccccc4)C3)ncnc21. The predicted molar refractivity (Wildman–Crippen MR) is 120 cm³/mol. The number of anilines is 1. The summed E-state index contributed by atoms with van der Waals surface area (Å²) in [7, 11) is 1.61. The molecular formula is C23H30N6O3. The van der Waals surface area contributed by atoms with Crippen LogP contribution >= 0.6 is 0 Å². The number of methoxy groups -OCH3 is 1. The molecule has 3 aromatic rings. The second-order valence-electron chi connectivity index (χ2n) is 8.82. The minimum absolute atomic E-state index is 0.222. The fraction of sp³-hybridized carbons (Fsp3) is 0.522. The van der Waals surface area contributed by atoms with Crippen LogP contribution in [0.3, 0.4) is 0 Å². The highest BCUT2D eigenvalue weighted by Crippen LogP contribution is 2.37. The molecule has 32 heavy (non-hydrogen) atoms. The molecule has 1 aliphatic carbocycles. The van der Waals surface area contributed by atoms with E-state index in [0.29, 0.717) is 29.8 Å². The minimum atomic E-state index is -0.828. The van der Waals surface area contributed by atoms with Crippen LogP contribution in [-0.4, -0.2) is 73.1 Å². The van der Waals surface area contributed by atoms with Gasteiger partial charge in [-0.05, 0) is 24.8 Å². The third-order valence-corrected chi connectivity index (χ3v) is 6.73. The Kier molecular flexibility index (Phi) is 6.05. The first-order chi connectivity index (χ1) is 15.6. The summed E-state index contributed by atoms with van der Waals surface area (Å²) in [5.74, 6) is 0.488. The molecule has 0 radical (unpaired) electrons. The van der Waals surface area contributed by atoms with E-state index in [9.17, 15) is 10.2 Å². The van der Waals surface area contributed by atoms with E-state index in [4.69, 9.17) is 4.74 Å². The van der Waals surface area contributed by atoms with Crippen molar-refractivity contribution in [2.75, 3.05) is 25.5 Å². The molecule has 1 aromatic carbocycles. The quantitative estimate of drug-likeness (QED) is 0.512. The number of likely N-dealkylation sites (tertiary alicyclic amines) is 1. The third-order valence-electron chi connectivity index (χ3n) is 6.73. The Labute approximate surface area is 187 Å². The van der Waals surface area contributed by atoms with E-state index >= 15 is 0 Å². The molecule has 2 aromatic heterocycles. The van der Waals surface area contributed by atoms with E-state index in [0.717, 1.165) is 26.1 Å². The molecule has 9 heteroatoms. The molecule has 5 atom stereocenters. The van der Waals surface area contributed by atoms with Gasteiger partial charge in [0.25, 0.3) is 0 Å². The van der Waals surface area contributed by atoms with E-state index in [1.54, 1.807) is 13.4 Å². The summed E-state index contributed by atoms with van der Waals surface area (Å²) in [6.45, 7) is 2.91. The number of hydrogen-bond donors (Lipinski definition) is 3. The zero-order valence-electron chi connectivity index (χ0n) is 18.2. The lowest BCUT2D eigenvalue weighted by Crippen LogP contribution is -2.32. The van der Waals surface area contributed by atoms with Gasteiger partial charge in [0.15, 0.2) is 17.0 Å². The number of ether oxygens (including phenoxy) is 1. The molecule has 1 saturated carbocycles. The number of fused-ring (bicyclic) bond motifs is 1. The highest BCUT2D eigenvalue weighted by atomic mass is 16.5. The molecule has 170 valence electrons. The summed E-state index contributed by atoms with van der Waals surface area (Å²) in [5.41, 5.74) is 2.66. The molecule has 1 aliphatic heterocycles. The van der Waals surface area contributed by atoms with Crippen molar-refractivity contribution < 1.29 is 14.9 Å². The number of aliphatic hydroxyl groups excluding tert-OH is 2. The number of nitrogens with one attached hydrogen (secondary N) is 1. The Hall–Kier alpha value is -2.59. The summed E-state index contributed by atoms with van der Waals surface area (Å²) in [6.07, 6.45) is 3.48. The molecule has 3 N–H and O–H groups in total. The highest BCUT2D eigenvalue weighted by molar-refractivity contribution is 5.82. The number of nitrogens with zero attached hydrogens (tertiary/aromatic N) is 5. The number of imidazole rings is 1. The van der Waals surface area contributed by atoms with Gasteiger partial charge < -0.3 is 20.3 Å². The molecule has 2 fully saturated rings. The van der Waals surface area contributed by atoms with Crippen molar-refractivity contribution in [3.8, 4) is 0 Å². The van der Waals surface area contributed by atoms with Gasteiger partial charge in [0.1, 0.15) is 12.6 Å². The molecule has 1 unspecified atom stereocenters. The minimum Gasteiger partial charge on any atom is -0.390 e. The Morgan fingerprint density at radius 1 is 1.12 bits per heavy atom. The summed E-state index contributed by atoms with van der Waals surface area (Å²) < 4.78 is 7.55. The first-order valence-corrected chi connectivity index (χ1v) is 11.2. The maximum absolute atomic E-state index is 10.4.